The van der Waals surface area contributed by atoms with Gasteiger partial charge in [-0.05, 0) is 55.5 Å². The molecule has 0 aliphatic rings. The fraction of sp³-hybridized carbons (Fsp3) is 0.125. The minimum absolute atomic E-state index is 0.409. The Kier molecular flexibility index (Phi) is 4.42. The third-order valence-corrected chi connectivity index (χ3v) is 2.88. The van der Waals surface area contributed by atoms with Crippen molar-refractivity contribution >= 4 is 11.6 Å². The monoisotopic (exact) mass is 281 g/mol. The molecule has 0 aliphatic carbocycles. The van der Waals surface area contributed by atoms with Gasteiger partial charge in [-0.1, -0.05) is 0 Å². The number of hydrogen-bond donors (Lipinski definition) is 2. The summed E-state index contributed by atoms with van der Waals surface area (Å²) in [6, 6.07) is 15.7. The minimum Gasteiger partial charge on any atom is -0.457 e. The summed E-state index contributed by atoms with van der Waals surface area (Å²) in [7, 11) is 0. The Morgan fingerprint density at radius 3 is 2.14 bits per heavy atom. The van der Waals surface area contributed by atoms with Crippen molar-refractivity contribution < 1.29 is 9.53 Å². The second-order valence-corrected chi connectivity index (χ2v) is 4.53. The highest BCUT2D eigenvalue weighted by Crippen LogP contribution is 2.23. The van der Waals surface area contributed by atoms with Crippen molar-refractivity contribution in [2.75, 3.05) is 5.32 Å². The summed E-state index contributed by atoms with van der Waals surface area (Å²) < 4.78 is 5.66. The lowest BCUT2D eigenvalue weighted by atomic mass is 10.2. The molecule has 0 unspecified atom stereocenters. The van der Waals surface area contributed by atoms with Crippen LogP contribution in [0.2, 0.25) is 0 Å². The summed E-state index contributed by atoms with van der Waals surface area (Å²) in [5.41, 5.74) is 6.56. The Morgan fingerprint density at radius 2 is 1.67 bits per heavy atom. The Hall–Kier alpha value is -3.00. The van der Waals surface area contributed by atoms with E-state index in [2.05, 4.69) is 11.4 Å². The van der Waals surface area contributed by atoms with E-state index in [1.54, 1.807) is 55.5 Å². The fourth-order valence-electron chi connectivity index (χ4n) is 1.67. The number of rotatable bonds is 5. The molecule has 0 aromatic heterocycles. The maximum atomic E-state index is 11.0. The number of anilines is 1. The van der Waals surface area contributed by atoms with E-state index in [4.69, 9.17) is 15.7 Å². The van der Waals surface area contributed by atoms with Crippen molar-refractivity contribution in [2.45, 2.75) is 13.0 Å². The number of primary amides is 1. The second kappa shape index (κ2) is 6.44. The van der Waals surface area contributed by atoms with Gasteiger partial charge in [0.2, 0.25) is 5.91 Å². The number of ether oxygens (including phenoxy) is 1. The zero-order chi connectivity index (χ0) is 15.2. The van der Waals surface area contributed by atoms with Crippen molar-refractivity contribution in [2.24, 2.45) is 5.73 Å². The van der Waals surface area contributed by atoms with Crippen LogP contribution in [0.4, 0.5) is 5.69 Å². The lowest BCUT2D eigenvalue weighted by Crippen LogP contribution is -2.32. The lowest BCUT2D eigenvalue weighted by Gasteiger charge is -2.12. The van der Waals surface area contributed by atoms with E-state index < -0.39 is 11.9 Å². The van der Waals surface area contributed by atoms with Gasteiger partial charge in [-0.2, -0.15) is 5.26 Å². The minimum atomic E-state index is -0.435. The van der Waals surface area contributed by atoms with Crippen LogP contribution < -0.4 is 15.8 Å². The van der Waals surface area contributed by atoms with E-state index in [-0.39, 0.29) is 0 Å². The maximum Gasteiger partial charge on any atom is 0.239 e. The molecule has 2 rings (SSSR count). The van der Waals surface area contributed by atoms with Crippen LogP contribution in [0.1, 0.15) is 12.5 Å². The summed E-state index contributed by atoms with van der Waals surface area (Å²) in [4.78, 5) is 11.0. The van der Waals surface area contributed by atoms with Crippen LogP contribution >= 0.6 is 0 Å². The van der Waals surface area contributed by atoms with Crippen molar-refractivity contribution in [3.8, 4) is 17.6 Å². The van der Waals surface area contributed by atoms with Gasteiger partial charge in [0.1, 0.15) is 17.5 Å². The van der Waals surface area contributed by atoms with Gasteiger partial charge in [-0.3, -0.25) is 4.79 Å². The standard InChI is InChI=1S/C16H15N3O2/c1-11(16(18)20)19-13-4-8-15(9-5-13)21-14-6-2-12(10-17)3-7-14/h2-9,11,19H,1H3,(H2,18,20)/t11-/m0/s1. The van der Waals surface area contributed by atoms with Crippen molar-refractivity contribution in [1.82, 2.24) is 0 Å². The normalized spacial score (nSPS) is 11.2. The van der Waals surface area contributed by atoms with E-state index in [0.717, 1.165) is 5.69 Å². The molecule has 1 amide bonds. The molecule has 0 saturated carbocycles. The van der Waals surface area contributed by atoms with Crippen LogP contribution in [-0.2, 0) is 4.79 Å². The molecule has 5 heteroatoms. The highest BCUT2D eigenvalue weighted by atomic mass is 16.5. The molecule has 2 aromatic carbocycles. The highest BCUT2D eigenvalue weighted by molar-refractivity contribution is 5.82. The number of nitrogens with zero attached hydrogens (tertiary/aromatic N) is 1. The van der Waals surface area contributed by atoms with Gasteiger partial charge < -0.3 is 15.8 Å². The van der Waals surface area contributed by atoms with Crippen LogP contribution in [0.5, 0.6) is 11.5 Å². The smallest absolute Gasteiger partial charge is 0.239 e. The zero-order valence-corrected chi connectivity index (χ0v) is 11.5. The predicted octanol–water partition coefficient (Wildman–Crippen LogP) is 2.64. The molecule has 1 atom stereocenters. The molecule has 0 fully saturated rings. The number of amides is 1. The average molecular weight is 281 g/mol. The summed E-state index contributed by atoms with van der Waals surface area (Å²) in [6.07, 6.45) is 0. The SMILES string of the molecule is C[C@H](Nc1ccc(Oc2ccc(C#N)cc2)cc1)C(N)=O. The molecule has 106 valence electrons. The zero-order valence-electron chi connectivity index (χ0n) is 11.5. The summed E-state index contributed by atoms with van der Waals surface area (Å²) in [6.45, 7) is 1.70. The first kappa shape index (κ1) is 14.4. The van der Waals surface area contributed by atoms with E-state index in [1.807, 2.05) is 0 Å². The quantitative estimate of drug-likeness (QED) is 0.881. The number of nitrogens with one attached hydrogen (secondary N) is 1. The van der Waals surface area contributed by atoms with Gasteiger partial charge in [0.25, 0.3) is 0 Å². The molecule has 2 aromatic rings. The Morgan fingerprint density at radius 1 is 1.14 bits per heavy atom. The summed E-state index contributed by atoms with van der Waals surface area (Å²) in [5.74, 6) is 0.908. The van der Waals surface area contributed by atoms with E-state index in [9.17, 15) is 4.79 Å². The largest absolute Gasteiger partial charge is 0.457 e. The first-order valence-corrected chi connectivity index (χ1v) is 6.42. The van der Waals surface area contributed by atoms with Gasteiger partial charge in [0, 0.05) is 5.69 Å². The molecule has 3 N–H and O–H groups in total. The predicted molar refractivity (Wildman–Crippen MR) is 80.0 cm³/mol. The first-order valence-electron chi connectivity index (χ1n) is 6.42. The van der Waals surface area contributed by atoms with Crippen LogP contribution in [0.3, 0.4) is 0 Å². The number of nitriles is 1. The van der Waals surface area contributed by atoms with Crippen molar-refractivity contribution in [3.05, 3.63) is 54.1 Å². The summed E-state index contributed by atoms with van der Waals surface area (Å²) >= 11 is 0. The Balaban J connectivity index is 2.01. The van der Waals surface area contributed by atoms with Crippen LogP contribution in [0, 0.1) is 11.3 Å². The van der Waals surface area contributed by atoms with Gasteiger partial charge in [0.05, 0.1) is 11.6 Å². The van der Waals surface area contributed by atoms with Crippen LogP contribution in [-0.4, -0.2) is 11.9 Å². The molecule has 0 aliphatic heterocycles. The number of benzene rings is 2. The molecular weight excluding hydrogens is 266 g/mol. The molecule has 0 heterocycles. The van der Waals surface area contributed by atoms with Crippen LogP contribution in [0.15, 0.2) is 48.5 Å². The molecule has 0 radical (unpaired) electrons. The first-order chi connectivity index (χ1) is 10.1. The second-order valence-electron chi connectivity index (χ2n) is 4.53. The van der Waals surface area contributed by atoms with Gasteiger partial charge >= 0.3 is 0 Å². The number of hydrogen-bond acceptors (Lipinski definition) is 4. The van der Waals surface area contributed by atoms with Gasteiger partial charge in [-0.25, -0.2) is 0 Å². The number of nitrogens with two attached hydrogens (primary N) is 1. The van der Waals surface area contributed by atoms with E-state index in [1.165, 1.54) is 0 Å². The van der Waals surface area contributed by atoms with Gasteiger partial charge in [-0.15, -0.1) is 0 Å². The molecular formula is C16H15N3O2. The van der Waals surface area contributed by atoms with Crippen LogP contribution in [0.25, 0.3) is 0 Å². The van der Waals surface area contributed by atoms with Crippen molar-refractivity contribution in [1.29, 1.82) is 5.26 Å². The number of carbonyl (C=O) groups excluding carboxylic acids is 1. The molecule has 0 saturated heterocycles. The molecule has 0 spiro atoms. The molecule has 5 nitrogen and oxygen atoms in total. The summed E-state index contributed by atoms with van der Waals surface area (Å²) in [5, 5.41) is 11.7. The Bertz CT molecular complexity index is 657. The number of carbonyl (C=O) groups is 1. The topological polar surface area (TPSA) is 88.1 Å². The fourth-order valence-corrected chi connectivity index (χ4v) is 1.67. The van der Waals surface area contributed by atoms with Gasteiger partial charge in [0.15, 0.2) is 0 Å². The highest BCUT2D eigenvalue weighted by Gasteiger charge is 2.07. The average Bonchev–Trinajstić information content (AvgIpc) is 2.50. The Labute approximate surface area is 123 Å². The molecule has 0 bridgehead atoms. The third kappa shape index (κ3) is 3.98. The van der Waals surface area contributed by atoms with E-state index in [0.29, 0.717) is 17.1 Å². The van der Waals surface area contributed by atoms with E-state index >= 15 is 0 Å². The third-order valence-electron chi connectivity index (χ3n) is 2.88. The maximum absolute atomic E-state index is 11.0. The molecule has 21 heavy (non-hydrogen) atoms. The van der Waals surface area contributed by atoms with Crippen molar-refractivity contribution in [3.63, 3.8) is 0 Å². The lowest BCUT2D eigenvalue weighted by molar-refractivity contribution is -0.118.